The maximum absolute atomic E-state index is 13.0. The highest BCUT2D eigenvalue weighted by Gasteiger charge is 2.34. The Morgan fingerprint density at radius 2 is 2.22 bits per heavy atom. The van der Waals surface area contributed by atoms with E-state index in [4.69, 9.17) is 4.52 Å². The number of likely N-dealkylation sites (tertiary alicyclic amines) is 1. The summed E-state index contributed by atoms with van der Waals surface area (Å²) in [6.45, 7) is 9.31. The number of nitrogens with zero attached hydrogens (tertiary/aromatic N) is 4. The zero-order valence-electron chi connectivity index (χ0n) is 14.2. The maximum atomic E-state index is 13.0. The molecule has 0 N–H and O–H groups in total. The van der Waals surface area contributed by atoms with Gasteiger partial charge in [0.05, 0.1) is 30.4 Å². The summed E-state index contributed by atoms with van der Waals surface area (Å²) in [5.41, 5.74) is 2.88. The Labute approximate surface area is 136 Å². The van der Waals surface area contributed by atoms with E-state index < -0.39 is 0 Å². The molecular weight excluding hydrogens is 292 g/mol. The van der Waals surface area contributed by atoms with Crippen LogP contribution in [-0.4, -0.2) is 38.3 Å². The molecule has 1 aliphatic heterocycles. The maximum Gasteiger partial charge on any atom is 0.230 e. The van der Waals surface area contributed by atoms with Crippen molar-refractivity contribution in [1.82, 2.24) is 19.8 Å². The van der Waals surface area contributed by atoms with Gasteiger partial charge in [-0.2, -0.15) is 5.10 Å². The quantitative estimate of drug-likeness (QED) is 0.869. The molecule has 23 heavy (non-hydrogen) atoms. The zero-order valence-corrected chi connectivity index (χ0v) is 14.2. The number of carbonyl (C=O) groups excluding carboxylic acids is 1. The van der Waals surface area contributed by atoms with Gasteiger partial charge in [0, 0.05) is 18.3 Å². The molecule has 6 nitrogen and oxygen atoms in total. The van der Waals surface area contributed by atoms with Gasteiger partial charge in [0.25, 0.3) is 0 Å². The van der Waals surface area contributed by atoms with E-state index in [1.54, 1.807) is 0 Å². The first-order valence-corrected chi connectivity index (χ1v) is 8.19. The van der Waals surface area contributed by atoms with Crippen LogP contribution in [0.1, 0.15) is 48.3 Å². The second-order valence-corrected chi connectivity index (χ2v) is 6.53. The van der Waals surface area contributed by atoms with E-state index in [1.165, 1.54) is 0 Å². The van der Waals surface area contributed by atoms with Crippen LogP contribution >= 0.6 is 0 Å². The Morgan fingerprint density at radius 3 is 2.83 bits per heavy atom. The third kappa shape index (κ3) is 3.02. The van der Waals surface area contributed by atoms with E-state index in [1.807, 2.05) is 49.7 Å². The molecule has 0 saturated carbocycles. The van der Waals surface area contributed by atoms with E-state index in [2.05, 4.69) is 10.3 Å². The molecule has 3 rings (SSSR count). The molecule has 1 saturated heterocycles. The highest BCUT2D eigenvalue weighted by Crippen LogP contribution is 2.28. The molecule has 0 unspecified atom stereocenters. The molecule has 1 aliphatic rings. The molecule has 2 aromatic heterocycles. The van der Waals surface area contributed by atoms with E-state index in [0.717, 1.165) is 48.5 Å². The summed E-state index contributed by atoms with van der Waals surface area (Å²) in [6, 6.07) is 0.213. The number of amides is 1. The third-order valence-electron chi connectivity index (χ3n) is 4.71. The van der Waals surface area contributed by atoms with Crippen molar-refractivity contribution >= 4 is 5.91 Å². The molecule has 0 radical (unpaired) electrons. The van der Waals surface area contributed by atoms with E-state index in [-0.39, 0.29) is 17.9 Å². The van der Waals surface area contributed by atoms with Gasteiger partial charge in [0.15, 0.2) is 0 Å². The number of carbonyl (C=O) groups is 1. The molecule has 3 heterocycles. The SMILES string of the molecule is Cc1cnn(C[C@@H]2CCCN2C(=O)[C@@H](C)c2c(C)noc2C)c1. The molecule has 124 valence electrons. The first-order chi connectivity index (χ1) is 11.0. The van der Waals surface area contributed by atoms with Gasteiger partial charge in [-0.1, -0.05) is 5.16 Å². The number of hydrogen-bond acceptors (Lipinski definition) is 4. The number of hydrogen-bond donors (Lipinski definition) is 0. The summed E-state index contributed by atoms with van der Waals surface area (Å²) in [5.74, 6) is 0.675. The van der Waals surface area contributed by atoms with Crippen molar-refractivity contribution in [3.63, 3.8) is 0 Å². The average Bonchev–Trinajstić information content (AvgIpc) is 3.21. The Bertz CT molecular complexity index is 684. The fourth-order valence-electron chi connectivity index (χ4n) is 3.58. The van der Waals surface area contributed by atoms with Crippen LogP contribution in [0, 0.1) is 20.8 Å². The predicted octanol–water partition coefficient (Wildman–Crippen LogP) is 2.59. The largest absolute Gasteiger partial charge is 0.361 e. The van der Waals surface area contributed by atoms with Gasteiger partial charge < -0.3 is 9.42 Å². The molecule has 2 atom stereocenters. The minimum absolute atomic E-state index is 0.158. The number of rotatable bonds is 4. The van der Waals surface area contributed by atoms with Crippen LogP contribution in [0.15, 0.2) is 16.9 Å². The molecule has 0 spiro atoms. The predicted molar refractivity (Wildman–Crippen MR) is 86.1 cm³/mol. The molecule has 1 amide bonds. The van der Waals surface area contributed by atoms with Gasteiger partial charge in [-0.05, 0) is 46.1 Å². The van der Waals surface area contributed by atoms with E-state index in [0.29, 0.717) is 0 Å². The zero-order chi connectivity index (χ0) is 16.6. The average molecular weight is 316 g/mol. The van der Waals surface area contributed by atoms with Crippen molar-refractivity contribution in [3.05, 3.63) is 35.0 Å². The molecule has 0 aromatic carbocycles. The Hall–Kier alpha value is -2.11. The van der Waals surface area contributed by atoms with Gasteiger partial charge in [0.1, 0.15) is 5.76 Å². The summed E-state index contributed by atoms with van der Waals surface area (Å²) in [7, 11) is 0. The van der Waals surface area contributed by atoms with Crippen molar-refractivity contribution < 1.29 is 9.32 Å². The van der Waals surface area contributed by atoms with Crippen LogP contribution in [0.4, 0.5) is 0 Å². The van der Waals surface area contributed by atoms with Crippen LogP contribution in [-0.2, 0) is 11.3 Å². The molecule has 0 bridgehead atoms. The minimum Gasteiger partial charge on any atom is -0.361 e. The summed E-state index contributed by atoms with van der Waals surface area (Å²) in [6.07, 6.45) is 5.95. The summed E-state index contributed by atoms with van der Waals surface area (Å²) >= 11 is 0. The molecule has 0 aliphatic carbocycles. The first-order valence-electron chi connectivity index (χ1n) is 8.19. The normalized spacial score (nSPS) is 19.3. The fraction of sp³-hybridized carbons (Fsp3) is 0.588. The van der Waals surface area contributed by atoms with Crippen LogP contribution in [0.2, 0.25) is 0 Å². The lowest BCUT2D eigenvalue weighted by Gasteiger charge is -2.27. The lowest BCUT2D eigenvalue weighted by atomic mass is 9.97. The van der Waals surface area contributed by atoms with Gasteiger partial charge in [-0.25, -0.2) is 0 Å². The standard InChI is InChI=1S/C17H24N4O2/c1-11-8-18-20(9-11)10-15-6-5-7-21(15)17(22)12(2)16-13(3)19-23-14(16)4/h8-9,12,15H,5-7,10H2,1-4H3/t12-,15-/m0/s1. The van der Waals surface area contributed by atoms with Crippen molar-refractivity contribution in [2.45, 2.75) is 59.0 Å². The first kappa shape index (κ1) is 15.8. The van der Waals surface area contributed by atoms with Crippen molar-refractivity contribution in [2.75, 3.05) is 6.54 Å². The van der Waals surface area contributed by atoms with Gasteiger partial charge >= 0.3 is 0 Å². The summed E-state index contributed by atoms with van der Waals surface area (Å²) in [5, 5.41) is 8.33. The smallest absolute Gasteiger partial charge is 0.230 e. The Kier molecular flexibility index (Phi) is 4.24. The van der Waals surface area contributed by atoms with Gasteiger partial charge in [0.2, 0.25) is 5.91 Å². The fourth-order valence-corrected chi connectivity index (χ4v) is 3.58. The number of aryl methyl sites for hydroxylation is 3. The van der Waals surface area contributed by atoms with E-state index in [9.17, 15) is 4.79 Å². The van der Waals surface area contributed by atoms with Crippen LogP contribution in [0.3, 0.4) is 0 Å². The monoisotopic (exact) mass is 316 g/mol. The second kappa shape index (κ2) is 6.18. The molecule has 1 fully saturated rings. The van der Waals surface area contributed by atoms with Crippen molar-refractivity contribution in [1.29, 1.82) is 0 Å². The van der Waals surface area contributed by atoms with Crippen molar-refractivity contribution in [2.24, 2.45) is 0 Å². The van der Waals surface area contributed by atoms with Gasteiger partial charge in [-0.15, -0.1) is 0 Å². The Balaban J connectivity index is 1.75. The highest BCUT2D eigenvalue weighted by atomic mass is 16.5. The summed E-state index contributed by atoms with van der Waals surface area (Å²) < 4.78 is 7.16. The topological polar surface area (TPSA) is 64.2 Å². The molecular formula is C17H24N4O2. The lowest BCUT2D eigenvalue weighted by Crippen LogP contribution is -2.40. The van der Waals surface area contributed by atoms with Crippen molar-refractivity contribution in [3.8, 4) is 0 Å². The minimum atomic E-state index is -0.221. The number of aromatic nitrogens is 3. The lowest BCUT2D eigenvalue weighted by molar-refractivity contribution is -0.133. The molecule has 6 heteroatoms. The summed E-state index contributed by atoms with van der Waals surface area (Å²) in [4.78, 5) is 15.0. The van der Waals surface area contributed by atoms with Crippen LogP contribution in [0.5, 0.6) is 0 Å². The van der Waals surface area contributed by atoms with E-state index >= 15 is 0 Å². The van der Waals surface area contributed by atoms with Crippen LogP contribution < -0.4 is 0 Å². The van der Waals surface area contributed by atoms with Crippen LogP contribution in [0.25, 0.3) is 0 Å². The van der Waals surface area contributed by atoms with Gasteiger partial charge in [-0.3, -0.25) is 9.48 Å². The second-order valence-electron chi connectivity index (χ2n) is 6.53. The Morgan fingerprint density at radius 1 is 1.43 bits per heavy atom. The highest BCUT2D eigenvalue weighted by molar-refractivity contribution is 5.84. The molecule has 2 aromatic rings. The third-order valence-corrected chi connectivity index (χ3v) is 4.71.